The minimum absolute atomic E-state index is 0.00567. The second-order valence-electron chi connectivity index (χ2n) is 3.15. The van der Waals surface area contributed by atoms with Gasteiger partial charge in [0.15, 0.2) is 0 Å². The lowest BCUT2D eigenvalue weighted by Gasteiger charge is -2.14. The minimum atomic E-state index is -0.363. The lowest BCUT2D eigenvalue weighted by atomic mass is 10.3. The largest absolute Gasteiger partial charge is 0.464 e. The lowest BCUT2D eigenvalue weighted by Crippen LogP contribution is -2.38. The van der Waals surface area contributed by atoms with Gasteiger partial charge in [0.25, 0.3) is 0 Å². The van der Waals surface area contributed by atoms with E-state index in [-0.39, 0.29) is 25.2 Å². The predicted octanol–water partition coefficient (Wildman–Crippen LogP) is -0.837. The highest BCUT2D eigenvalue weighted by Gasteiger charge is 2.05. The van der Waals surface area contributed by atoms with Gasteiger partial charge in [0.2, 0.25) is 0 Å². The van der Waals surface area contributed by atoms with Crippen LogP contribution in [0.3, 0.4) is 0 Å². The van der Waals surface area contributed by atoms with Crippen molar-refractivity contribution in [3.8, 4) is 0 Å². The quantitative estimate of drug-likeness (QED) is 0.380. The molecule has 0 radical (unpaired) electrons. The number of hydrogen-bond donors (Lipinski definition) is 2. The van der Waals surface area contributed by atoms with Crippen molar-refractivity contribution in [1.82, 2.24) is 5.32 Å². The normalized spacial score (nSPS) is 12.4. The van der Waals surface area contributed by atoms with Crippen molar-refractivity contribution in [3.63, 3.8) is 0 Å². The monoisotopic (exact) mass is 235 g/mol. The Morgan fingerprint density at radius 2 is 2.25 bits per heavy atom. The molecule has 0 aromatic heterocycles. The molecule has 6 heteroatoms. The van der Waals surface area contributed by atoms with Crippen LogP contribution in [0.5, 0.6) is 0 Å². The van der Waals surface area contributed by atoms with Crippen LogP contribution in [-0.4, -0.2) is 63.8 Å². The Labute approximate surface area is 95.9 Å². The topological polar surface area (TPSA) is 77.0 Å². The zero-order chi connectivity index (χ0) is 12.2. The van der Waals surface area contributed by atoms with Crippen molar-refractivity contribution in [3.05, 3.63) is 0 Å². The van der Waals surface area contributed by atoms with Crippen LogP contribution in [0.1, 0.15) is 6.92 Å². The number of carbonyl (C=O) groups excluding carboxylic acids is 1. The Bertz CT molecular complexity index is 177. The number of ether oxygens (including phenoxy) is 3. The molecule has 0 aromatic rings. The van der Waals surface area contributed by atoms with E-state index in [1.165, 1.54) is 0 Å². The third-order valence-electron chi connectivity index (χ3n) is 1.79. The SMILES string of the molecule is CCOC(=O)COCCNC(CO)COC. The standard InChI is InChI=1S/C10H21NO5/c1-3-16-10(13)8-15-5-4-11-9(6-12)7-14-2/h9,11-12H,3-8H2,1-2H3. The lowest BCUT2D eigenvalue weighted by molar-refractivity contribution is -0.148. The van der Waals surface area contributed by atoms with Gasteiger partial charge in [-0.1, -0.05) is 0 Å². The first-order chi connectivity index (χ1) is 7.74. The van der Waals surface area contributed by atoms with Gasteiger partial charge >= 0.3 is 5.97 Å². The fourth-order valence-corrected chi connectivity index (χ4v) is 1.07. The van der Waals surface area contributed by atoms with E-state index in [4.69, 9.17) is 14.6 Å². The molecule has 0 aliphatic heterocycles. The molecular formula is C10H21NO5. The molecule has 0 aromatic carbocycles. The van der Waals surface area contributed by atoms with Gasteiger partial charge in [-0.25, -0.2) is 4.79 Å². The summed E-state index contributed by atoms with van der Waals surface area (Å²) in [6.07, 6.45) is 0. The van der Waals surface area contributed by atoms with E-state index in [2.05, 4.69) is 10.1 Å². The summed E-state index contributed by atoms with van der Waals surface area (Å²) in [6, 6.07) is -0.101. The van der Waals surface area contributed by atoms with Crippen LogP contribution >= 0.6 is 0 Å². The molecule has 0 saturated carbocycles. The van der Waals surface area contributed by atoms with E-state index < -0.39 is 0 Å². The Morgan fingerprint density at radius 1 is 1.50 bits per heavy atom. The maximum absolute atomic E-state index is 10.9. The second-order valence-corrected chi connectivity index (χ2v) is 3.15. The van der Waals surface area contributed by atoms with Gasteiger partial charge < -0.3 is 24.6 Å². The Balaban J connectivity index is 3.34. The predicted molar refractivity (Wildman–Crippen MR) is 58.2 cm³/mol. The van der Waals surface area contributed by atoms with Crippen LogP contribution < -0.4 is 5.32 Å². The number of methoxy groups -OCH3 is 1. The molecule has 2 N–H and O–H groups in total. The molecule has 0 fully saturated rings. The summed E-state index contributed by atoms with van der Waals surface area (Å²) in [4.78, 5) is 10.9. The van der Waals surface area contributed by atoms with E-state index in [0.717, 1.165) is 0 Å². The van der Waals surface area contributed by atoms with Gasteiger partial charge in [-0.3, -0.25) is 0 Å². The van der Waals surface area contributed by atoms with Crippen LogP contribution in [0.2, 0.25) is 0 Å². The zero-order valence-corrected chi connectivity index (χ0v) is 9.90. The van der Waals surface area contributed by atoms with Crippen molar-refractivity contribution in [1.29, 1.82) is 0 Å². The van der Waals surface area contributed by atoms with Crippen molar-refractivity contribution in [2.24, 2.45) is 0 Å². The fraction of sp³-hybridized carbons (Fsp3) is 0.900. The van der Waals surface area contributed by atoms with E-state index in [9.17, 15) is 4.79 Å². The fourth-order valence-electron chi connectivity index (χ4n) is 1.07. The molecule has 0 bridgehead atoms. The number of esters is 1. The summed E-state index contributed by atoms with van der Waals surface area (Å²) in [5.74, 6) is -0.363. The Kier molecular flexibility index (Phi) is 10.3. The van der Waals surface area contributed by atoms with Crippen molar-refractivity contribution >= 4 is 5.97 Å². The molecule has 0 aliphatic carbocycles. The van der Waals surface area contributed by atoms with E-state index in [1.54, 1.807) is 14.0 Å². The van der Waals surface area contributed by atoms with Gasteiger partial charge in [0.1, 0.15) is 6.61 Å². The van der Waals surface area contributed by atoms with Crippen LogP contribution in [-0.2, 0) is 19.0 Å². The highest BCUT2D eigenvalue weighted by Crippen LogP contribution is 1.84. The molecule has 0 aliphatic rings. The number of nitrogens with one attached hydrogen (secondary N) is 1. The number of carbonyl (C=O) groups is 1. The highest BCUT2D eigenvalue weighted by atomic mass is 16.6. The third-order valence-corrected chi connectivity index (χ3v) is 1.79. The van der Waals surface area contributed by atoms with E-state index in [0.29, 0.717) is 26.4 Å². The van der Waals surface area contributed by atoms with Crippen LogP contribution in [0, 0.1) is 0 Å². The Morgan fingerprint density at radius 3 is 2.81 bits per heavy atom. The molecule has 0 saturated heterocycles. The summed E-state index contributed by atoms with van der Waals surface area (Å²) in [7, 11) is 1.57. The van der Waals surface area contributed by atoms with Gasteiger partial charge in [-0.2, -0.15) is 0 Å². The van der Waals surface area contributed by atoms with Crippen molar-refractivity contribution in [2.75, 3.05) is 46.7 Å². The molecule has 0 heterocycles. The molecule has 1 atom stereocenters. The molecule has 16 heavy (non-hydrogen) atoms. The summed E-state index contributed by atoms with van der Waals surface area (Å²) >= 11 is 0. The van der Waals surface area contributed by atoms with Crippen LogP contribution in [0.4, 0.5) is 0 Å². The third kappa shape index (κ3) is 8.60. The van der Waals surface area contributed by atoms with Crippen molar-refractivity contribution < 1.29 is 24.1 Å². The maximum Gasteiger partial charge on any atom is 0.332 e. The van der Waals surface area contributed by atoms with Gasteiger partial charge in [-0.05, 0) is 6.92 Å². The second kappa shape index (κ2) is 10.8. The molecule has 0 rings (SSSR count). The minimum Gasteiger partial charge on any atom is -0.464 e. The molecule has 96 valence electrons. The first-order valence-corrected chi connectivity index (χ1v) is 5.31. The van der Waals surface area contributed by atoms with Crippen LogP contribution in [0.15, 0.2) is 0 Å². The number of aliphatic hydroxyl groups is 1. The van der Waals surface area contributed by atoms with Gasteiger partial charge in [-0.15, -0.1) is 0 Å². The Hall–Kier alpha value is -0.690. The summed E-state index contributed by atoms with van der Waals surface area (Å²) in [5, 5.41) is 11.9. The average molecular weight is 235 g/mol. The zero-order valence-electron chi connectivity index (χ0n) is 9.90. The molecule has 1 unspecified atom stereocenters. The first-order valence-electron chi connectivity index (χ1n) is 5.31. The summed E-state index contributed by atoms with van der Waals surface area (Å²) in [5.41, 5.74) is 0. The van der Waals surface area contributed by atoms with Gasteiger partial charge in [0.05, 0.1) is 32.5 Å². The maximum atomic E-state index is 10.9. The smallest absolute Gasteiger partial charge is 0.332 e. The summed E-state index contributed by atoms with van der Waals surface area (Å²) < 4.78 is 14.6. The van der Waals surface area contributed by atoms with E-state index >= 15 is 0 Å². The number of hydrogen-bond acceptors (Lipinski definition) is 6. The average Bonchev–Trinajstić information content (AvgIpc) is 2.27. The van der Waals surface area contributed by atoms with E-state index in [1.807, 2.05) is 0 Å². The molecule has 0 amide bonds. The van der Waals surface area contributed by atoms with Gasteiger partial charge in [0, 0.05) is 13.7 Å². The summed E-state index contributed by atoms with van der Waals surface area (Å²) in [6.45, 7) is 3.45. The van der Waals surface area contributed by atoms with Crippen LogP contribution in [0.25, 0.3) is 0 Å². The highest BCUT2D eigenvalue weighted by molar-refractivity contribution is 5.70. The first kappa shape index (κ1) is 15.3. The molecular weight excluding hydrogens is 214 g/mol. The number of rotatable bonds is 10. The number of aliphatic hydroxyl groups excluding tert-OH is 1. The van der Waals surface area contributed by atoms with Crippen molar-refractivity contribution in [2.45, 2.75) is 13.0 Å². The molecule has 0 spiro atoms. The molecule has 6 nitrogen and oxygen atoms in total.